The highest BCUT2D eigenvalue weighted by Gasteiger charge is 2.35. The number of nitrogens with zero attached hydrogens (tertiary/aromatic N) is 2. The van der Waals surface area contributed by atoms with Gasteiger partial charge < -0.3 is 29.0 Å². The van der Waals surface area contributed by atoms with Crippen LogP contribution in [0.4, 0.5) is 11.4 Å². The van der Waals surface area contributed by atoms with Gasteiger partial charge in [-0.3, -0.25) is 4.79 Å². The van der Waals surface area contributed by atoms with Gasteiger partial charge in [0.2, 0.25) is 5.75 Å². The summed E-state index contributed by atoms with van der Waals surface area (Å²) in [6, 6.07) is 14.0. The van der Waals surface area contributed by atoms with Crippen LogP contribution < -0.4 is 24.0 Å². The Morgan fingerprint density at radius 3 is 2.40 bits per heavy atom. The SMILES string of the molecule is COc1cc2cc(C(=O)N3C[C@@H](CCl)c4c3cc(N(C)C)c3ccccc43)[nH]c2c(OC)c1OC. The maximum Gasteiger partial charge on any atom is 0.274 e. The smallest absolute Gasteiger partial charge is 0.274 e. The number of rotatable bonds is 6. The quantitative estimate of drug-likeness (QED) is 0.364. The lowest BCUT2D eigenvalue weighted by Gasteiger charge is -2.22. The molecule has 1 aliphatic heterocycles. The van der Waals surface area contributed by atoms with Gasteiger partial charge >= 0.3 is 0 Å². The van der Waals surface area contributed by atoms with E-state index in [9.17, 15) is 4.79 Å². The van der Waals surface area contributed by atoms with Gasteiger partial charge in [-0.05, 0) is 29.1 Å². The Labute approximate surface area is 209 Å². The lowest BCUT2D eigenvalue weighted by Crippen LogP contribution is -2.30. The Morgan fingerprint density at radius 2 is 1.77 bits per heavy atom. The molecule has 182 valence electrons. The molecule has 2 heterocycles. The van der Waals surface area contributed by atoms with E-state index in [4.69, 9.17) is 25.8 Å². The van der Waals surface area contributed by atoms with E-state index in [2.05, 4.69) is 28.1 Å². The van der Waals surface area contributed by atoms with Gasteiger partial charge in [0.1, 0.15) is 5.69 Å². The highest BCUT2D eigenvalue weighted by Crippen LogP contribution is 2.47. The minimum absolute atomic E-state index is 0.0378. The molecular weight excluding hydrogens is 466 g/mol. The highest BCUT2D eigenvalue weighted by atomic mass is 35.5. The summed E-state index contributed by atoms with van der Waals surface area (Å²) in [7, 11) is 8.72. The number of H-pyrrole nitrogens is 1. The molecule has 1 atom stereocenters. The predicted octanol–water partition coefficient (Wildman–Crippen LogP) is 5.40. The number of anilines is 2. The molecule has 35 heavy (non-hydrogen) atoms. The van der Waals surface area contributed by atoms with Gasteiger partial charge in [-0.15, -0.1) is 11.6 Å². The van der Waals surface area contributed by atoms with Crippen LogP contribution in [0.3, 0.4) is 0 Å². The average molecular weight is 494 g/mol. The molecule has 4 aromatic rings. The van der Waals surface area contributed by atoms with Crippen LogP contribution >= 0.6 is 11.6 Å². The van der Waals surface area contributed by atoms with Gasteiger partial charge in [-0.2, -0.15) is 0 Å². The van der Waals surface area contributed by atoms with Crippen molar-refractivity contribution < 1.29 is 19.0 Å². The number of hydrogen-bond acceptors (Lipinski definition) is 5. The number of aromatic nitrogens is 1. The largest absolute Gasteiger partial charge is 0.493 e. The van der Waals surface area contributed by atoms with Gasteiger partial charge in [-0.25, -0.2) is 0 Å². The summed E-state index contributed by atoms with van der Waals surface area (Å²) in [6.45, 7) is 0.512. The van der Waals surface area contributed by atoms with Crippen LogP contribution in [0.1, 0.15) is 22.0 Å². The standard InChI is InChI=1S/C27H28ClN3O4/c1-30(2)20-12-21-23(18-9-7-6-8-17(18)20)16(13-28)14-31(21)27(32)19-10-15-11-22(33-3)25(34-4)26(35-5)24(15)29-19/h6-12,16,29H,13-14H2,1-5H3/t16-/m1/s1. The van der Waals surface area contributed by atoms with Crippen LogP contribution in [-0.4, -0.2) is 58.7 Å². The molecule has 0 saturated heterocycles. The summed E-state index contributed by atoms with van der Waals surface area (Å²) in [5, 5.41) is 3.07. The van der Waals surface area contributed by atoms with Crippen molar-refractivity contribution in [3.8, 4) is 17.2 Å². The molecule has 5 rings (SSSR count). The van der Waals surface area contributed by atoms with E-state index in [1.54, 1.807) is 21.3 Å². The fourth-order valence-electron chi connectivity index (χ4n) is 5.12. The number of methoxy groups -OCH3 is 3. The minimum Gasteiger partial charge on any atom is -0.493 e. The van der Waals surface area contributed by atoms with E-state index in [1.165, 1.54) is 0 Å². The highest BCUT2D eigenvalue weighted by molar-refractivity contribution is 6.19. The number of hydrogen-bond donors (Lipinski definition) is 1. The van der Waals surface area contributed by atoms with E-state index < -0.39 is 0 Å². The molecule has 7 nitrogen and oxygen atoms in total. The summed E-state index contributed by atoms with van der Waals surface area (Å²) in [5.74, 6) is 1.83. The van der Waals surface area contributed by atoms with Gasteiger partial charge in [0.05, 0.1) is 32.5 Å². The maximum atomic E-state index is 13.9. The van der Waals surface area contributed by atoms with Crippen LogP contribution in [0, 0.1) is 0 Å². The molecule has 1 aliphatic rings. The zero-order valence-electron chi connectivity index (χ0n) is 20.4. The minimum atomic E-state index is -0.130. The zero-order chi connectivity index (χ0) is 24.9. The molecule has 0 spiro atoms. The first-order valence-electron chi connectivity index (χ1n) is 11.4. The first-order valence-corrected chi connectivity index (χ1v) is 11.9. The Bertz CT molecular complexity index is 1450. The monoisotopic (exact) mass is 493 g/mol. The summed E-state index contributed by atoms with van der Waals surface area (Å²) in [4.78, 5) is 21.1. The van der Waals surface area contributed by atoms with Crippen molar-refractivity contribution in [2.45, 2.75) is 5.92 Å². The molecule has 1 aromatic heterocycles. The molecule has 0 saturated carbocycles. The van der Waals surface area contributed by atoms with Crippen LogP contribution in [0.5, 0.6) is 17.2 Å². The Morgan fingerprint density at radius 1 is 1.06 bits per heavy atom. The molecule has 1 amide bonds. The van der Waals surface area contributed by atoms with E-state index in [1.807, 2.05) is 43.3 Å². The lowest BCUT2D eigenvalue weighted by molar-refractivity contribution is 0.0984. The number of alkyl halides is 1. The number of aromatic amines is 1. The molecule has 1 N–H and O–H groups in total. The summed E-state index contributed by atoms with van der Waals surface area (Å²) in [5.41, 5.74) is 4.19. The van der Waals surface area contributed by atoms with Gasteiger partial charge in [0.15, 0.2) is 11.5 Å². The molecule has 0 aliphatic carbocycles. The van der Waals surface area contributed by atoms with Gasteiger partial charge in [0.25, 0.3) is 5.91 Å². The van der Waals surface area contributed by atoms with Crippen LogP contribution in [0.15, 0.2) is 42.5 Å². The first kappa shape index (κ1) is 23.2. The molecule has 0 bridgehead atoms. The number of fused-ring (bicyclic) bond motifs is 4. The van der Waals surface area contributed by atoms with Crippen molar-refractivity contribution in [2.75, 3.05) is 57.6 Å². The number of nitrogens with one attached hydrogen (secondary N) is 1. The third-order valence-corrected chi connectivity index (χ3v) is 7.08. The van der Waals surface area contributed by atoms with Crippen molar-refractivity contribution in [3.05, 3.63) is 53.7 Å². The van der Waals surface area contributed by atoms with E-state index in [-0.39, 0.29) is 11.8 Å². The molecule has 0 unspecified atom stereocenters. The second-order valence-electron chi connectivity index (χ2n) is 8.83. The summed E-state index contributed by atoms with van der Waals surface area (Å²) >= 11 is 6.42. The van der Waals surface area contributed by atoms with E-state index in [0.717, 1.165) is 33.1 Å². The van der Waals surface area contributed by atoms with Crippen molar-refractivity contribution in [1.29, 1.82) is 0 Å². The van der Waals surface area contributed by atoms with Crippen molar-refractivity contribution in [2.24, 2.45) is 0 Å². The fourth-order valence-corrected chi connectivity index (χ4v) is 5.37. The lowest BCUT2D eigenvalue weighted by atomic mass is 9.94. The maximum absolute atomic E-state index is 13.9. The number of amides is 1. The second-order valence-corrected chi connectivity index (χ2v) is 9.14. The van der Waals surface area contributed by atoms with Crippen molar-refractivity contribution in [3.63, 3.8) is 0 Å². The van der Waals surface area contributed by atoms with Crippen LogP contribution in [0.2, 0.25) is 0 Å². The third-order valence-electron chi connectivity index (χ3n) is 6.71. The fraction of sp³-hybridized carbons (Fsp3) is 0.296. The number of benzene rings is 3. The van der Waals surface area contributed by atoms with E-state index in [0.29, 0.717) is 40.9 Å². The Hall–Kier alpha value is -3.58. The molecular formula is C27H28ClN3O4. The van der Waals surface area contributed by atoms with Crippen LogP contribution in [0.25, 0.3) is 21.7 Å². The Balaban J connectivity index is 1.66. The number of carbonyl (C=O) groups is 1. The molecule has 0 fully saturated rings. The molecule has 3 aromatic carbocycles. The number of ether oxygens (including phenoxy) is 3. The van der Waals surface area contributed by atoms with Crippen molar-refractivity contribution >= 4 is 50.6 Å². The van der Waals surface area contributed by atoms with Crippen LogP contribution in [-0.2, 0) is 0 Å². The molecule has 0 radical (unpaired) electrons. The number of halogens is 1. The average Bonchev–Trinajstić information content (AvgIpc) is 3.47. The molecule has 8 heteroatoms. The topological polar surface area (TPSA) is 67.0 Å². The second kappa shape index (κ2) is 8.89. The summed E-state index contributed by atoms with van der Waals surface area (Å²) in [6.07, 6.45) is 0. The normalized spacial score (nSPS) is 14.9. The third kappa shape index (κ3) is 3.53. The van der Waals surface area contributed by atoms with Crippen molar-refractivity contribution in [1.82, 2.24) is 4.98 Å². The summed E-state index contributed by atoms with van der Waals surface area (Å²) < 4.78 is 16.6. The van der Waals surface area contributed by atoms with Gasteiger partial charge in [-0.1, -0.05) is 24.3 Å². The number of carbonyl (C=O) groups excluding carboxylic acids is 1. The Kier molecular flexibility index (Phi) is 5.89. The van der Waals surface area contributed by atoms with Gasteiger partial charge in [0, 0.05) is 48.9 Å². The zero-order valence-corrected chi connectivity index (χ0v) is 21.2. The first-order chi connectivity index (χ1) is 16.9. The van der Waals surface area contributed by atoms with E-state index >= 15 is 0 Å². The predicted molar refractivity (Wildman–Crippen MR) is 141 cm³/mol.